The molecule has 2 aromatic carbocycles. The molecule has 0 aliphatic heterocycles. The third kappa shape index (κ3) is 6.51. The number of hydrogen-bond donors (Lipinski definition) is 1. The number of aromatic nitrogens is 1. The molecule has 0 aliphatic carbocycles. The van der Waals surface area contributed by atoms with Crippen molar-refractivity contribution in [2.45, 2.75) is 19.3 Å². The Hall–Kier alpha value is -3.58. The molecule has 3 aromatic rings. The van der Waals surface area contributed by atoms with Crippen LogP contribution in [0.5, 0.6) is 5.75 Å². The smallest absolute Gasteiger partial charge is 0.221 e. The zero-order chi connectivity index (χ0) is 20.3. The highest BCUT2D eigenvalue weighted by atomic mass is 16.5. The molecular weight excluding hydrogens is 360 g/mol. The van der Waals surface area contributed by atoms with Gasteiger partial charge in [-0.05, 0) is 30.2 Å². The van der Waals surface area contributed by atoms with Crippen molar-refractivity contribution >= 4 is 5.91 Å². The van der Waals surface area contributed by atoms with Crippen molar-refractivity contribution < 1.29 is 9.53 Å². The third-order valence-corrected chi connectivity index (χ3v) is 4.49. The Kier molecular flexibility index (Phi) is 7.42. The number of ether oxygens (including phenoxy) is 1. The lowest BCUT2D eigenvalue weighted by Crippen LogP contribution is -2.25. The lowest BCUT2D eigenvalue weighted by Gasteiger charge is -2.17. The van der Waals surface area contributed by atoms with Crippen LogP contribution in [0.1, 0.15) is 29.2 Å². The normalized spacial score (nSPS) is 10.1. The maximum atomic E-state index is 12.5. The number of aryl methyl sites for hydroxylation is 1. The molecule has 3 rings (SSSR count). The summed E-state index contributed by atoms with van der Waals surface area (Å²) in [6.07, 6.45) is 2.05. The van der Waals surface area contributed by atoms with E-state index in [9.17, 15) is 4.79 Å². The molecule has 0 atom stereocenters. The summed E-state index contributed by atoms with van der Waals surface area (Å²) in [7, 11) is 0. The molecule has 0 radical (unpaired) electrons. The SMILES string of the molecule is Cc1ccc(OCC#CCNC(=O)CC(c2ccccc2)c2ccccc2)cn1. The van der Waals surface area contributed by atoms with Crippen molar-refractivity contribution in [2.24, 2.45) is 0 Å². The number of hydrogen-bond acceptors (Lipinski definition) is 3. The van der Waals surface area contributed by atoms with E-state index in [1.165, 1.54) is 0 Å². The second-order valence-corrected chi connectivity index (χ2v) is 6.63. The van der Waals surface area contributed by atoms with E-state index in [4.69, 9.17) is 4.74 Å². The molecule has 1 N–H and O–H groups in total. The zero-order valence-electron chi connectivity index (χ0n) is 16.5. The minimum Gasteiger partial charge on any atom is -0.479 e. The predicted molar refractivity (Wildman–Crippen MR) is 115 cm³/mol. The lowest BCUT2D eigenvalue weighted by molar-refractivity contribution is -0.121. The van der Waals surface area contributed by atoms with Crippen LogP contribution < -0.4 is 10.1 Å². The summed E-state index contributed by atoms with van der Waals surface area (Å²) in [6.45, 7) is 2.48. The number of carbonyl (C=O) groups is 1. The Labute approximate surface area is 172 Å². The molecule has 1 amide bonds. The summed E-state index contributed by atoms with van der Waals surface area (Å²) in [5, 5.41) is 2.88. The van der Waals surface area contributed by atoms with Gasteiger partial charge in [0.05, 0.1) is 12.7 Å². The van der Waals surface area contributed by atoms with Crippen LogP contribution in [0.3, 0.4) is 0 Å². The van der Waals surface area contributed by atoms with Crippen LogP contribution in [-0.2, 0) is 4.79 Å². The Balaban J connectivity index is 1.50. The van der Waals surface area contributed by atoms with Crippen molar-refractivity contribution in [1.29, 1.82) is 0 Å². The molecule has 0 saturated heterocycles. The third-order valence-electron chi connectivity index (χ3n) is 4.49. The molecule has 4 heteroatoms. The molecule has 0 spiro atoms. The number of carbonyl (C=O) groups excluding carboxylic acids is 1. The van der Waals surface area contributed by atoms with Crippen LogP contribution in [0.4, 0.5) is 0 Å². The first-order chi connectivity index (χ1) is 14.2. The number of amides is 1. The molecule has 0 fully saturated rings. The molecule has 0 bridgehead atoms. The number of nitrogens with one attached hydrogen (secondary N) is 1. The van der Waals surface area contributed by atoms with E-state index in [2.05, 4.69) is 46.4 Å². The summed E-state index contributed by atoms with van der Waals surface area (Å²) in [6, 6.07) is 23.9. The van der Waals surface area contributed by atoms with Gasteiger partial charge in [-0.15, -0.1) is 0 Å². The fourth-order valence-electron chi connectivity index (χ4n) is 2.97. The molecule has 1 heterocycles. The van der Waals surface area contributed by atoms with Gasteiger partial charge in [-0.2, -0.15) is 0 Å². The van der Waals surface area contributed by atoms with Gasteiger partial charge in [-0.25, -0.2) is 0 Å². The van der Waals surface area contributed by atoms with Gasteiger partial charge >= 0.3 is 0 Å². The van der Waals surface area contributed by atoms with Crippen LogP contribution >= 0.6 is 0 Å². The van der Waals surface area contributed by atoms with Crippen molar-refractivity contribution in [3.63, 3.8) is 0 Å². The highest BCUT2D eigenvalue weighted by Crippen LogP contribution is 2.27. The van der Waals surface area contributed by atoms with E-state index >= 15 is 0 Å². The minimum atomic E-state index is -0.0272. The van der Waals surface area contributed by atoms with Crippen LogP contribution in [0.2, 0.25) is 0 Å². The lowest BCUT2D eigenvalue weighted by atomic mass is 9.88. The summed E-state index contributed by atoms with van der Waals surface area (Å²) < 4.78 is 5.50. The number of nitrogens with zero attached hydrogens (tertiary/aromatic N) is 1. The van der Waals surface area contributed by atoms with Gasteiger partial charge in [0.25, 0.3) is 0 Å². The zero-order valence-corrected chi connectivity index (χ0v) is 16.5. The first-order valence-corrected chi connectivity index (χ1v) is 9.60. The van der Waals surface area contributed by atoms with Gasteiger partial charge in [0, 0.05) is 18.0 Å². The molecule has 0 aliphatic rings. The number of benzene rings is 2. The Morgan fingerprint density at radius 3 is 2.21 bits per heavy atom. The quantitative estimate of drug-likeness (QED) is 0.624. The molecule has 4 nitrogen and oxygen atoms in total. The first-order valence-electron chi connectivity index (χ1n) is 9.60. The molecule has 0 unspecified atom stereocenters. The molecule has 0 saturated carbocycles. The predicted octanol–water partition coefficient (Wildman–Crippen LogP) is 4.11. The van der Waals surface area contributed by atoms with Gasteiger partial charge < -0.3 is 10.1 Å². The second kappa shape index (κ2) is 10.7. The molecular formula is C25H24N2O2. The van der Waals surface area contributed by atoms with Gasteiger partial charge in [0.15, 0.2) is 0 Å². The monoisotopic (exact) mass is 384 g/mol. The van der Waals surface area contributed by atoms with E-state index < -0.39 is 0 Å². The van der Waals surface area contributed by atoms with Gasteiger partial charge in [0.2, 0.25) is 5.91 Å². The maximum Gasteiger partial charge on any atom is 0.221 e. The standard InChI is InChI=1S/C25H24N2O2/c1-20-14-15-23(19-27-20)29-17-9-8-16-26-25(28)18-24(21-10-4-2-5-11-21)22-12-6-3-7-13-22/h2-7,10-15,19,24H,16-18H2,1H3,(H,26,28). The van der Waals surface area contributed by atoms with Crippen LogP contribution in [0.25, 0.3) is 0 Å². The molecule has 1 aromatic heterocycles. The second-order valence-electron chi connectivity index (χ2n) is 6.63. The van der Waals surface area contributed by atoms with Crippen molar-refractivity contribution in [3.8, 4) is 17.6 Å². The van der Waals surface area contributed by atoms with Gasteiger partial charge in [0.1, 0.15) is 12.4 Å². The van der Waals surface area contributed by atoms with Gasteiger partial charge in [-0.1, -0.05) is 72.5 Å². The fourth-order valence-corrected chi connectivity index (χ4v) is 2.97. The minimum absolute atomic E-state index is 0.0164. The highest BCUT2D eigenvalue weighted by Gasteiger charge is 2.17. The Morgan fingerprint density at radius 1 is 0.966 bits per heavy atom. The summed E-state index contributed by atoms with van der Waals surface area (Å²) in [5.74, 6) is 6.50. The van der Waals surface area contributed by atoms with E-state index in [-0.39, 0.29) is 18.4 Å². The van der Waals surface area contributed by atoms with Crippen molar-refractivity contribution in [3.05, 3.63) is 95.8 Å². The number of pyridine rings is 1. The number of rotatable bonds is 7. The largest absolute Gasteiger partial charge is 0.479 e. The van der Waals surface area contributed by atoms with Gasteiger partial charge in [-0.3, -0.25) is 9.78 Å². The highest BCUT2D eigenvalue weighted by molar-refractivity contribution is 5.77. The average Bonchev–Trinajstić information content (AvgIpc) is 2.77. The van der Waals surface area contributed by atoms with E-state index in [1.807, 2.05) is 55.5 Å². The first kappa shape index (κ1) is 20.2. The van der Waals surface area contributed by atoms with Crippen LogP contribution in [-0.4, -0.2) is 24.0 Å². The van der Waals surface area contributed by atoms with Crippen molar-refractivity contribution in [2.75, 3.05) is 13.2 Å². The van der Waals surface area contributed by atoms with Crippen LogP contribution in [0.15, 0.2) is 79.0 Å². The molecule has 146 valence electrons. The van der Waals surface area contributed by atoms with Crippen molar-refractivity contribution in [1.82, 2.24) is 10.3 Å². The Bertz CT molecular complexity index is 919. The fraction of sp³-hybridized carbons (Fsp3) is 0.200. The van der Waals surface area contributed by atoms with E-state index in [0.717, 1.165) is 16.8 Å². The Morgan fingerprint density at radius 2 is 1.62 bits per heavy atom. The van der Waals surface area contributed by atoms with Crippen LogP contribution in [0, 0.1) is 18.8 Å². The average molecular weight is 384 g/mol. The summed E-state index contributed by atoms with van der Waals surface area (Å²) in [5.41, 5.74) is 3.19. The van der Waals surface area contributed by atoms with E-state index in [0.29, 0.717) is 18.7 Å². The topological polar surface area (TPSA) is 51.2 Å². The summed E-state index contributed by atoms with van der Waals surface area (Å²) in [4.78, 5) is 16.6. The van der Waals surface area contributed by atoms with E-state index in [1.54, 1.807) is 6.20 Å². The summed E-state index contributed by atoms with van der Waals surface area (Å²) >= 11 is 0. The maximum absolute atomic E-state index is 12.5. The molecule has 29 heavy (non-hydrogen) atoms.